The van der Waals surface area contributed by atoms with E-state index >= 15 is 0 Å². The quantitative estimate of drug-likeness (QED) is 0.826. The first-order valence-corrected chi connectivity index (χ1v) is 6.50. The average Bonchev–Trinajstić information content (AvgIpc) is 2.48. The molecule has 0 aliphatic carbocycles. The Morgan fingerprint density at radius 1 is 1.19 bits per heavy atom. The van der Waals surface area contributed by atoms with E-state index < -0.39 is 12.9 Å². The molecule has 2 aromatic carbocycles. The van der Waals surface area contributed by atoms with Gasteiger partial charge in [-0.25, -0.2) is 4.39 Å². The molecule has 110 valence electrons. The molecule has 21 heavy (non-hydrogen) atoms. The second-order valence-corrected chi connectivity index (χ2v) is 4.72. The van der Waals surface area contributed by atoms with Crippen LogP contribution in [0.1, 0.15) is 5.56 Å². The first-order valence-electron chi connectivity index (χ1n) is 6.12. The highest BCUT2D eigenvalue weighted by Crippen LogP contribution is 2.23. The van der Waals surface area contributed by atoms with Crippen LogP contribution in [0.2, 0.25) is 5.02 Å². The highest BCUT2D eigenvalue weighted by Gasteiger charge is 2.14. The Bertz CT molecular complexity index is 636. The molecule has 2 aromatic rings. The topological polar surface area (TPSA) is 58.9 Å². The van der Waals surface area contributed by atoms with E-state index in [1.165, 1.54) is 25.3 Å². The van der Waals surface area contributed by atoms with Crippen molar-refractivity contribution in [3.8, 4) is 11.5 Å². The van der Waals surface area contributed by atoms with Gasteiger partial charge in [-0.15, -0.1) is 0 Å². The predicted molar refractivity (Wildman–Crippen MR) is 78.6 cm³/mol. The minimum atomic E-state index is -1.57. The number of benzene rings is 2. The highest BCUT2D eigenvalue weighted by atomic mass is 35.5. The summed E-state index contributed by atoms with van der Waals surface area (Å²) >= 11 is 5.68. The van der Waals surface area contributed by atoms with Crippen LogP contribution in [0, 0.1) is 5.82 Å². The highest BCUT2D eigenvalue weighted by molar-refractivity contribution is 6.58. The zero-order chi connectivity index (χ0) is 15.4. The van der Waals surface area contributed by atoms with Crippen LogP contribution >= 0.6 is 11.6 Å². The maximum atomic E-state index is 13.1. The summed E-state index contributed by atoms with van der Waals surface area (Å²) in [6.07, 6.45) is 0. The molecule has 0 radical (unpaired) electrons. The van der Waals surface area contributed by atoms with Crippen LogP contribution in [0.25, 0.3) is 0 Å². The maximum Gasteiger partial charge on any atom is 0.488 e. The molecule has 0 atom stereocenters. The summed E-state index contributed by atoms with van der Waals surface area (Å²) < 4.78 is 23.8. The van der Waals surface area contributed by atoms with Gasteiger partial charge in [-0.1, -0.05) is 23.7 Å². The van der Waals surface area contributed by atoms with Crippen molar-refractivity contribution in [3.05, 3.63) is 52.8 Å². The lowest BCUT2D eigenvalue weighted by molar-refractivity contribution is 0.296. The van der Waals surface area contributed by atoms with E-state index in [1.54, 1.807) is 18.2 Å². The average molecular weight is 311 g/mol. The first-order chi connectivity index (χ1) is 10.0. The number of halogens is 2. The second-order valence-electron chi connectivity index (χ2n) is 4.31. The molecule has 0 fully saturated rings. The maximum absolute atomic E-state index is 13.1. The van der Waals surface area contributed by atoms with E-state index in [1.807, 2.05) is 0 Å². The van der Waals surface area contributed by atoms with Gasteiger partial charge in [0.25, 0.3) is 0 Å². The zero-order valence-electron chi connectivity index (χ0n) is 11.2. The van der Waals surface area contributed by atoms with Crippen molar-refractivity contribution in [2.24, 2.45) is 0 Å². The third-order valence-corrected chi connectivity index (χ3v) is 3.18. The minimum Gasteiger partial charge on any atom is -0.496 e. The summed E-state index contributed by atoms with van der Waals surface area (Å²) in [5, 5.41) is 18.3. The van der Waals surface area contributed by atoms with Crippen LogP contribution in [-0.4, -0.2) is 24.3 Å². The number of hydrogen-bond donors (Lipinski definition) is 2. The first kappa shape index (κ1) is 15.6. The summed E-state index contributed by atoms with van der Waals surface area (Å²) in [7, 11) is -0.0715. The van der Waals surface area contributed by atoms with Crippen molar-refractivity contribution in [3.63, 3.8) is 0 Å². The van der Waals surface area contributed by atoms with Gasteiger partial charge in [0.1, 0.15) is 23.9 Å². The zero-order valence-corrected chi connectivity index (χ0v) is 12.0. The second kappa shape index (κ2) is 6.80. The Labute approximate surface area is 126 Å². The van der Waals surface area contributed by atoms with E-state index in [0.29, 0.717) is 22.5 Å². The van der Waals surface area contributed by atoms with Crippen molar-refractivity contribution < 1.29 is 23.9 Å². The van der Waals surface area contributed by atoms with Crippen LogP contribution in [0.4, 0.5) is 4.39 Å². The van der Waals surface area contributed by atoms with Gasteiger partial charge in [0.2, 0.25) is 0 Å². The molecule has 4 nitrogen and oxygen atoms in total. The van der Waals surface area contributed by atoms with E-state index in [2.05, 4.69) is 0 Å². The van der Waals surface area contributed by atoms with E-state index in [-0.39, 0.29) is 11.6 Å². The van der Waals surface area contributed by atoms with Gasteiger partial charge in [0.15, 0.2) is 0 Å². The Morgan fingerprint density at radius 2 is 1.95 bits per heavy atom. The van der Waals surface area contributed by atoms with Crippen molar-refractivity contribution in [2.75, 3.05) is 7.11 Å². The Morgan fingerprint density at radius 3 is 2.57 bits per heavy atom. The van der Waals surface area contributed by atoms with Gasteiger partial charge >= 0.3 is 7.12 Å². The molecule has 0 aliphatic heterocycles. The van der Waals surface area contributed by atoms with Crippen LogP contribution in [0.5, 0.6) is 11.5 Å². The van der Waals surface area contributed by atoms with Gasteiger partial charge in [0.05, 0.1) is 12.1 Å². The van der Waals surface area contributed by atoms with Crippen LogP contribution in [-0.2, 0) is 6.61 Å². The summed E-state index contributed by atoms with van der Waals surface area (Å²) in [5.74, 6) is 0.429. The molecule has 0 saturated carbocycles. The van der Waals surface area contributed by atoms with Gasteiger partial charge < -0.3 is 19.5 Å². The lowest BCUT2D eigenvalue weighted by Gasteiger charge is -2.12. The third-order valence-electron chi connectivity index (χ3n) is 2.89. The van der Waals surface area contributed by atoms with Gasteiger partial charge in [-0.2, -0.15) is 0 Å². The van der Waals surface area contributed by atoms with E-state index in [4.69, 9.17) is 21.1 Å². The Kier molecular flexibility index (Phi) is 5.06. The van der Waals surface area contributed by atoms with Crippen LogP contribution < -0.4 is 14.9 Å². The van der Waals surface area contributed by atoms with E-state index in [9.17, 15) is 14.4 Å². The van der Waals surface area contributed by atoms with Gasteiger partial charge in [-0.05, 0) is 23.7 Å². The monoisotopic (exact) mass is 310 g/mol. The molecule has 0 heterocycles. The smallest absolute Gasteiger partial charge is 0.488 e. The molecule has 2 N–H and O–H groups in total. The molecule has 0 spiro atoms. The van der Waals surface area contributed by atoms with E-state index in [0.717, 1.165) is 0 Å². The lowest BCUT2D eigenvalue weighted by Crippen LogP contribution is -2.30. The molecule has 0 unspecified atom stereocenters. The summed E-state index contributed by atoms with van der Waals surface area (Å²) in [5.41, 5.74) is 0.954. The number of hydrogen-bond acceptors (Lipinski definition) is 4. The van der Waals surface area contributed by atoms with Crippen LogP contribution in [0.3, 0.4) is 0 Å². The normalized spacial score (nSPS) is 10.3. The SMILES string of the molecule is COc1ccc(B(O)O)cc1COc1ccc(F)c(Cl)c1. The van der Waals surface area contributed by atoms with Crippen molar-refractivity contribution in [2.45, 2.75) is 6.61 Å². The summed E-state index contributed by atoms with van der Waals surface area (Å²) in [6.45, 7) is 0.117. The predicted octanol–water partition coefficient (Wildman–Crippen LogP) is 1.75. The standard InChI is InChI=1S/C14H13BClFO4/c1-20-14-5-2-10(15(18)19)6-9(14)8-21-11-3-4-13(17)12(16)7-11/h2-7,18-19H,8H2,1H3. The molecular weight excluding hydrogens is 297 g/mol. The van der Waals surface area contributed by atoms with Crippen molar-refractivity contribution in [1.29, 1.82) is 0 Å². The summed E-state index contributed by atoms with van der Waals surface area (Å²) in [4.78, 5) is 0. The largest absolute Gasteiger partial charge is 0.496 e. The number of methoxy groups -OCH3 is 1. The Hall–Kier alpha value is -1.76. The fourth-order valence-corrected chi connectivity index (χ4v) is 1.97. The molecule has 0 saturated heterocycles. The molecule has 2 rings (SSSR count). The fourth-order valence-electron chi connectivity index (χ4n) is 1.80. The third kappa shape index (κ3) is 3.88. The van der Waals surface area contributed by atoms with Crippen molar-refractivity contribution >= 4 is 24.2 Å². The lowest BCUT2D eigenvalue weighted by atomic mass is 9.79. The summed E-state index contributed by atoms with van der Waals surface area (Å²) in [6, 6.07) is 8.76. The molecule has 7 heteroatoms. The van der Waals surface area contributed by atoms with Crippen LogP contribution in [0.15, 0.2) is 36.4 Å². The number of rotatable bonds is 5. The van der Waals surface area contributed by atoms with Gasteiger partial charge in [-0.3, -0.25) is 0 Å². The molecule has 0 aliphatic rings. The number of ether oxygens (including phenoxy) is 2. The molecule has 0 bridgehead atoms. The minimum absolute atomic E-state index is 0.0287. The molecule has 0 amide bonds. The van der Waals surface area contributed by atoms with Crippen molar-refractivity contribution in [1.82, 2.24) is 0 Å². The Balaban J connectivity index is 2.17. The fraction of sp³-hybridized carbons (Fsp3) is 0.143. The van der Waals surface area contributed by atoms with Gasteiger partial charge in [0, 0.05) is 11.6 Å². The molecular formula is C14H13BClFO4. The molecule has 0 aromatic heterocycles.